The summed E-state index contributed by atoms with van der Waals surface area (Å²) in [6.45, 7) is 5.84. The molecule has 0 saturated carbocycles. The summed E-state index contributed by atoms with van der Waals surface area (Å²) in [7, 11) is -4.56. The van der Waals surface area contributed by atoms with Crippen molar-refractivity contribution < 1.29 is 47.6 Å². The Balaban J connectivity index is 0.00000225. The normalized spacial score (nSPS) is 11.7. The Labute approximate surface area is 167 Å². The largest absolute Gasteiger partial charge is 1.00 e. The number of phenols is 1. The zero-order chi connectivity index (χ0) is 17.6. The Morgan fingerprint density at radius 2 is 1.76 bits per heavy atom. The van der Waals surface area contributed by atoms with Crippen LogP contribution in [0.3, 0.4) is 0 Å². The molecule has 0 radical (unpaired) electrons. The Kier molecular flexibility index (Phi) is 5.60. The Hall–Kier alpha value is -1.45. The van der Waals surface area contributed by atoms with Gasteiger partial charge in [0.05, 0.1) is 4.90 Å². The maximum absolute atomic E-state index is 11.1. The molecule has 1 heterocycles. The second kappa shape index (κ2) is 7.05. The van der Waals surface area contributed by atoms with Crippen LogP contribution in [0.1, 0.15) is 30.9 Å². The molecule has 25 heavy (non-hydrogen) atoms. The van der Waals surface area contributed by atoms with Crippen LogP contribution < -0.4 is 29.6 Å². The monoisotopic (exact) mass is 369 g/mol. The smallest absolute Gasteiger partial charge is 0.744 e. The summed E-state index contributed by atoms with van der Waals surface area (Å²) in [5, 5.41) is 19.0. The number of hydrogen-bond donors (Lipinski definition) is 1. The van der Waals surface area contributed by atoms with Crippen molar-refractivity contribution in [3.05, 3.63) is 41.5 Å². The molecule has 126 valence electrons. The van der Waals surface area contributed by atoms with Crippen LogP contribution in [0.25, 0.3) is 16.7 Å². The van der Waals surface area contributed by atoms with Crippen LogP contribution in [0.4, 0.5) is 0 Å². The molecule has 0 aliphatic carbocycles. The van der Waals surface area contributed by atoms with E-state index in [1.165, 1.54) is 23.0 Å². The van der Waals surface area contributed by atoms with Gasteiger partial charge in [-0.15, -0.1) is 15.0 Å². The van der Waals surface area contributed by atoms with Crippen molar-refractivity contribution in [2.45, 2.75) is 31.6 Å². The number of aromatic nitrogens is 3. The number of hydrogen-bond acceptors (Lipinski definition) is 6. The second-order valence-corrected chi connectivity index (χ2v) is 7.35. The van der Waals surface area contributed by atoms with Crippen molar-refractivity contribution in [2.75, 3.05) is 0 Å². The van der Waals surface area contributed by atoms with Gasteiger partial charge in [-0.1, -0.05) is 19.9 Å². The van der Waals surface area contributed by atoms with Gasteiger partial charge >= 0.3 is 29.6 Å². The predicted octanol–water partition coefficient (Wildman–Crippen LogP) is -0.534. The topological polar surface area (TPSA) is 108 Å². The van der Waals surface area contributed by atoms with Gasteiger partial charge in [-0.05, 0) is 48.2 Å². The first-order chi connectivity index (χ1) is 11.2. The first kappa shape index (κ1) is 19.9. The van der Waals surface area contributed by atoms with E-state index in [9.17, 15) is 18.1 Å². The summed E-state index contributed by atoms with van der Waals surface area (Å²) < 4.78 is 33.4. The maximum atomic E-state index is 11.1. The van der Waals surface area contributed by atoms with Crippen LogP contribution in [0.2, 0.25) is 0 Å². The van der Waals surface area contributed by atoms with Gasteiger partial charge in [-0.3, -0.25) is 0 Å². The van der Waals surface area contributed by atoms with Gasteiger partial charge in [-0.25, -0.2) is 8.42 Å². The van der Waals surface area contributed by atoms with E-state index < -0.39 is 10.1 Å². The first-order valence-corrected chi connectivity index (χ1v) is 8.74. The van der Waals surface area contributed by atoms with E-state index in [1.807, 2.05) is 26.8 Å². The van der Waals surface area contributed by atoms with Gasteiger partial charge in [0.2, 0.25) is 0 Å². The molecule has 2 aromatic carbocycles. The van der Waals surface area contributed by atoms with Crippen LogP contribution >= 0.6 is 0 Å². The predicted molar refractivity (Wildman–Crippen MR) is 87.3 cm³/mol. The fourth-order valence-electron chi connectivity index (χ4n) is 2.54. The van der Waals surface area contributed by atoms with Crippen LogP contribution in [0.15, 0.2) is 35.2 Å². The van der Waals surface area contributed by atoms with Crippen LogP contribution in [0, 0.1) is 6.92 Å². The number of phenolic OH excluding ortho intramolecular Hbond substituents is 1. The third-order valence-electron chi connectivity index (χ3n) is 3.74. The number of nitrogens with zero attached hydrogens (tertiary/aromatic N) is 3. The zero-order valence-electron chi connectivity index (χ0n) is 14.4. The van der Waals surface area contributed by atoms with Crippen LogP contribution in [0.5, 0.6) is 5.75 Å². The van der Waals surface area contributed by atoms with E-state index >= 15 is 0 Å². The molecule has 0 aliphatic heterocycles. The molecule has 1 N–H and O–H groups in total. The third-order valence-corrected chi connectivity index (χ3v) is 4.57. The minimum atomic E-state index is -4.56. The van der Waals surface area contributed by atoms with Crippen molar-refractivity contribution in [3.63, 3.8) is 0 Å². The molecule has 3 rings (SSSR count). The minimum Gasteiger partial charge on any atom is -0.744 e. The minimum absolute atomic E-state index is 0. The van der Waals surface area contributed by atoms with Crippen molar-refractivity contribution >= 4 is 21.2 Å². The Morgan fingerprint density at radius 1 is 1.12 bits per heavy atom. The fraction of sp³-hybridized carbons (Fsp3) is 0.250. The molecule has 0 spiro atoms. The zero-order valence-corrected chi connectivity index (χ0v) is 17.2. The van der Waals surface area contributed by atoms with E-state index in [0.717, 1.165) is 11.1 Å². The quantitative estimate of drug-likeness (QED) is 0.491. The van der Waals surface area contributed by atoms with Crippen molar-refractivity contribution in [2.24, 2.45) is 0 Å². The van der Waals surface area contributed by atoms with E-state index in [4.69, 9.17) is 0 Å². The summed E-state index contributed by atoms with van der Waals surface area (Å²) in [5.41, 5.74) is 2.81. The van der Waals surface area contributed by atoms with E-state index in [0.29, 0.717) is 11.2 Å². The first-order valence-electron chi connectivity index (χ1n) is 7.33. The molecule has 1 aromatic heterocycles. The Morgan fingerprint density at radius 3 is 2.36 bits per heavy atom. The number of fused-ring (bicyclic) bond motifs is 1. The number of benzene rings is 2. The number of aromatic hydroxyl groups is 1. The molecule has 0 aliphatic rings. The van der Waals surface area contributed by atoms with Crippen molar-refractivity contribution in [1.82, 2.24) is 15.0 Å². The molecule has 0 saturated heterocycles. The average Bonchev–Trinajstić information content (AvgIpc) is 2.90. The molecule has 9 heteroatoms. The second-order valence-electron chi connectivity index (χ2n) is 5.97. The summed E-state index contributed by atoms with van der Waals surface area (Å²) in [6.07, 6.45) is 0. The van der Waals surface area contributed by atoms with Gasteiger partial charge in [0.1, 0.15) is 32.6 Å². The van der Waals surface area contributed by atoms with Gasteiger partial charge in [0, 0.05) is 0 Å². The van der Waals surface area contributed by atoms with Crippen molar-refractivity contribution in [1.29, 1.82) is 0 Å². The van der Waals surface area contributed by atoms with Crippen LogP contribution in [-0.4, -0.2) is 33.1 Å². The summed E-state index contributed by atoms with van der Waals surface area (Å²) in [5.74, 6) is 0.193. The molecule has 0 atom stereocenters. The molecule has 0 unspecified atom stereocenters. The molecular weight excluding hydrogens is 353 g/mol. The molecule has 3 aromatic rings. The fourth-order valence-corrected chi connectivity index (χ4v) is 3.03. The van der Waals surface area contributed by atoms with E-state index in [-0.39, 0.29) is 51.6 Å². The molecule has 0 bridgehead atoms. The van der Waals surface area contributed by atoms with E-state index in [2.05, 4.69) is 10.2 Å². The molecule has 7 nitrogen and oxygen atoms in total. The SMILES string of the molecule is Cc1cc(C(C)C)c(O)c(-n2nc3ccc(S(=O)(=O)[O-])cc3n2)c1.[Na+]. The average molecular weight is 369 g/mol. The standard InChI is InChI=1S/C16H17N3O4S.Na/c1-9(2)12-6-10(3)7-15(16(12)20)19-17-13-5-4-11(24(21,22)23)8-14(13)18-19;/h4-9,20H,1-3H3,(H,21,22,23);/q;+1/p-1. The van der Waals surface area contributed by atoms with Gasteiger partial charge < -0.3 is 9.66 Å². The number of aryl methyl sites for hydroxylation is 1. The molecule has 0 amide bonds. The summed E-state index contributed by atoms with van der Waals surface area (Å²) in [4.78, 5) is 0.887. The number of rotatable bonds is 3. The van der Waals surface area contributed by atoms with Crippen LogP contribution in [-0.2, 0) is 10.1 Å². The molecular formula is C16H16N3NaO4S. The van der Waals surface area contributed by atoms with Gasteiger partial charge in [0.15, 0.2) is 0 Å². The van der Waals surface area contributed by atoms with E-state index in [1.54, 1.807) is 6.07 Å². The summed E-state index contributed by atoms with van der Waals surface area (Å²) >= 11 is 0. The van der Waals surface area contributed by atoms with Gasteiger partial charge in [-0.2, -0.15) is 0 Å². The maximum Gasteiger partial charge on any atom is 1.00 e. The Bertz CT molecular complexity index is 1040. The summed E-state index contributed by atoms with van der Waals surface area (Å²) in [6, 6.07) is 7.43. The third kappa shape index (κ3) is 3.88. The van der Waals surface area contributed by atoms with Crippen molar-refractivity contribution in [3.8, 4) is 11.4 Å². The molecule has 0 fully saturated rings. The van der Waals surface area contributed by atoms with Gasteiger partial charge in [0.25, 0.3) is 0 Å².